The van der Waals surface area contributed by atoms with Crippen LogP contribution in [0.3, 0.4) is 0 Å². The zero-order chi connectivity index (χ0) is 24.6. The second-order valence-electron chi connectivity index (χ2n) is 7.58. The first-order valence-corrected chi connectivity index (χ1v) is 10.4. The standard InChI is InChI=1S/C25H16F3N5O2/c26-25(27,28)16-11-12-21(32-14-6-13-29-32)20(15-16)30-23(34)22-18-9-4-5-10-19(18)24(35)33(31-22)17-7-2-1-3-8-17/h1-15H,(H,30,34). The molecule has 2 heterocycles. The van der Waals surface area contributed by atoms with Crippen LogP contribution in [-0.2, 0) is 6.18 Å². The van der Waals surface area contributed by atoms with E-state index in [0.29, 0.717) is 5.69 Å². The number of anilines is 1. The highest BCUT2D eigenvalue weighted by Gasteiger charge is 2.31. The predicted octanol–water partition coefficient (Wildman–Crippen LogP) is 4.84. The summed E-state index contributed by atoms with van der Waals surface area (Å²) in [5.41, 5.74) is -0.925. The molecule has 0 bridgehead atoms. The summed E-state index contributed by atoms with van der Waals surface area (Å²) in [7, 11) is 0. The lowest BCUT2D eigenvalue weighted by Crippen LogP contribution is -2.26. The fourth-order valence-corrected chi connectivity index (χ4v) is 3.71. The molecular formula is C25H16F3N5O2. The van der Waals surface area contributed by atoms with Crippen molar-refractivity contribution in [1.29, 1.82) is 0 Å². The fraction of sp³-hybridized carbons (Fsp3) is 0.0400. The van der Waals surface area contributed by atoms with Crippen molar-refractivity contribution >= 4 is 22.4 Å². The molecule has 35 heavy (non-hydrogen) atoms. The molecule has 0 fully saturated rings. The van der Waals surface area contributed by atoms with Crippen LogP contribution >= 0.6 is 0 Å². The van der Waals surface area contributed by atoms with Gasteiger partial charge in [0.25, 0.3) is 11.5 Å². The highest BCUT2D eigenvalue weighted by Crippen LogP contribution is 2.33. The van der Waals surface area contributed by atoms with Gasteiger partial charge in [0, 0.05) is 17.8 Å². The molecule has 0 radical (unpaired) electrons. The van der Waals surface area contributed by atoms with Gasteiger partial charge in [0.2, 0.25) is 0 Å². The van der Waals surface area contributed by atoms with Crippen LogP contribution in [0.15, 0.2) is 96.1 Å². The van der Waals surface area contributed by atoms with Gasteiger partial charge in [-0.15, -0.1) is 0 Å². The first-order valence-electron chi connectivity index (χ1n) is 10.4. The Bertz CT molecular complexity index is 1590. The molecule has 0 saturated carbocycles. The van der Waals surface area contributed by atoms with Crippen LogP contribution in [-0.4, -0.2) is 25.5 Å². The summed E-state index contributed by atoms with van der Waals surface area (Å²) >= 11 is 0. The van der Waals surface area contributed by atoms with Gasteiger partial charge in [0.05, 0.1) is 28.0 Å². The van der Waals surface area contributed by atoms with E-state index in [4.69, 9.17) is 0 Å². The Balaban J connectivity index is 1.66. The third kappa shape index (κ3) is 4.17. The Morgan fingerprint density at radius 2 is 1.60 bits per heavy atom. The smallest absolute Gasteiger partial charge is 0.319 e. The Morgan fingerprint density at radius 1 is 0.886 bits per heavy atom. The molecule has 0 aliphatic heterocycles. The lowest BCUT2D eigenvalue weighted by Gasteiger charge is -2.15. The van der Waals surface area contributed by atoms with Crippen LogP contribution in [0, 0.1) is 0 Å². The second kappa shape index (κ2) is 8.56. The van der Waals surface area contributed by atoms with E-state index in [1.165, 1.54) is 16.9 Å². The molecule has 0 aliphatic rings. The normalized spacial score (nSPS) is 11.5. The van der Waals surface area contributed by atoms with E-state index >= 15 is 0 Å². The van der Waals surface area contributed by atoms with Gasteiger partial charge in [-0.1, -0.05) is 36.4 Å². The molecule has 0 aliphatic carbocycles. The summed E-state index contributed by atoms with van der Waals surface area (Å²) in [5, 5.41) is 11.4. The zero-order valence-electron chi connectivity index (χ0n) is 17.9. The predicted molar refractivity (Wildman–Crippen MR) is 124 cm³/mol. The number of carbonyl (C=O) groups excluding carboxylic acids is 1. The molecule has 3 aromatic carbocycles. The number of halogens is 3. The number of hydrogen-bond donors (Lipinski definition) is 1. The van der Waals surface area contributed by atoms with E-state index in [-0.39, 0.29) is 27.8 Å². The number of nitrogens with one attached hydrogen (secondary N) is 1. The molecule has 1 N–H and O–H groups in total. The van der Waals surface area contributed by atoms with Crippen molar-refractivity contribution in [3.63, 3.8) is 0 Å². The van der Waals surface area contributed by atoms with Crippen molar-refractivity contribution in [3.05, 3.63) is 113 Å². The number of aromatic nitrogens is 4. The van der Waals surface area contributed by atoms with Crippen LogP contribution in [0.2, 0.25) is 0 Å². The molecule has 10 heteroatoms. The number of nitrogens with zero attached hydrogens (tertiary/aromatic N) is 4. The third-order valence-electron chi connectivity index (χ3n) is 5.34. The molecule has 7 nitrogen and oxygen atoms in total. The molecule has 0 atom stereocenters. The number of hydrogen-bond acceptors (Lipinski definition) is 4. The van der Waals surface area contributed by atoms with Crippen molar-refractivity contribution < 1.29 is 18.0 Å². The monoisotopic (exact) mass is 475 g/mol. The summed E-state index contributed by atoms with van der Waals surface area (Å²) in [6.07, 6.45) is -1.61. The van der Waals surface area contributed by atoms with Crippen molar-refractivity contribution in [3.8, 4) is 11.4 Å². The van der Waals surface area contributed by atoms with Crippen molar-refractivity contribution in [2.45, 2.75) is 6.18 Å². The molecule has 0 unspecified atom stereocenters. The molecular weight excluding hydrogens is 459 g/mol. The van der Waals surface area contributed by atoms with Crippen LogP contribution < -0.4 is 10.9 Å². The SMILES string of the molecule is O=C(Nc1cc(C(F)(F)F)ccc1-n1cccn1)c1nn(-c2ccccc2)c(=O)c2ccccc12. The van der Waals surface area contributed by atoms with Gasteiger partial charge < -0.3 is 5.32 Å². The van der Waals surface area contributed by atoms with Gasteiger partial charge in [-0.05, 0) is 42.5 Å². The summed E-state index contributed by atoms with van der Waals surface area (Å²) in [5.74, 6) is -0.779. The fourth-order valence-electron chi connectivity index (χ4n) is 3.71. The van der Waals surface area contributed by atoms with Crippen LogP contribution in [0.1, 0.15) is 16.1 Å². The minimum atomic E-state index is -4.62. The maximum absolute atomic E-state index is 13.4. The maximum Gasteiger partial charge on any atom is 0.416 e. The summed E-state index contributed by atoms with van der Waals surface area (Å²) < 4.78 is 42.7. The number of alkyl halides is 3. The van der Waals surface area contributed by atoms with E-state index in [1.807, 2.05) is 0 Å². The van der Waals surface area contributed by atoms with E-state index in [0.717, 1.165) is 16.8 Å². The van der Waals surface area contributed by atoms with E-state index < -0.39 is 23.2 Å². The summed E-state index contributed by atoms with van der Waals surface area (Å²) in [6, 6.07) is 19.5. The Hall–Kier alpha value is -4.73. The second-order valence-corrected chi connectivity index (χ2v) is 7.58. The minimum absolute atomic E-state index is 0.114. The average Bonchev–Trinajstić information content (AvgIpc) is 3.39. The number of para-hydroxylation sites is 1. The molecule has 5 rings (SSSR count). The first-order chi connectivity index (χ1) is 16.8. The van der Waals surface area contributed by atoms with Gasteiger partial charge >= 0.3 is 6.18 Å². The summed E-state index contributed by atoms with van der Waals surface area (Å²) in [4.78, 5) is 26.5. The molecule has 5 aromatic rings. The largest absolute Gasteiger partial charge is 0.416 e. The molecule has 174 valence electrons. The Morgan fingerprint density at radius 3 is 2.29 bits per heavy atom. The topological polar surface area (TPSA) is 81.8 Å². The van der Waals surface area contributed by atoms with Gasteiger partial charge in [-0.25, -0.2) is 4.68 Å². The molecule has 1 amide bonds. The Labute approximate surface area is 196 Å². The van der Waals surface area contributed by atoms with Crippen LogP contribution in [0.5, 0.6) is 0 Å². The van der Waals surface area contributed by atoms with Crippen molar-refractivity contribution in [2.75, 3.05) is 5.32 Å². The average molecular weight is 475 g/mol. The zero-order valence-corrected chi connectivity index (χ0v) is 17.9. The first kappa shape index (κ1) is 22.1. The van der Waals surface area contributed by atoms with Crippen molar-refractivity contribution in [1.82, 2.24) is 19.6 Å². The van der Waals surface area contributed by atoms with Crippen LogP contribution in [0.4, 0.5) is 18.9 Å². The molecule has 2 aromatic heterocycles. The minimum Gasteiger partial charge on any atom is -0.319 e. The Kier molecular flexibility index (Phi) is 5.40. The lowest BCUT2D eigenvalue weighted by molar-refractivity contribution is -0.137. The number of amides is 1. The summed E-state index contributed by atoms with van der Waals surface area (Å²) in [6.45, 7) is 0. The quantitative estimate of drug-likeness (QED) is 0.403. The number of rotatable bonds is 4. The maximum atomic E-state index is 13.4. The number of benzene rings is 3. The third-order valence-corrected chi connectivity index (χ3v) is 5.34. The molecule has 0 saturated heterocycles. The van der Waals surface area contributed by atoms with Gasteiger partial charge in [-0.2, -0.15) is 28.1 Å². The van der Waals surface area contributed by atoms with Gasteiger partial charge in [-0.3, -0.25) is 9.59 Å². The van der Waals surface area contributed by atoms with Gasteiger partial charge in [0.15, 0.2) is 5.69 Å². The number of carbonyl (C=O) groups is 1. The van der Waals surface area contributed by atoms with E-state index in [9.17, 15) is 22.8 Å². The molecule has 0 spiro atoms. The van der Waals surface area contributed by atoms with E-state index in [2.05, 4.69) is 15.5 Å². The van der Waals surface area contributed by atoms with Crippen LogP contribution in [0.25, 0.3) is 22.1 Å². The highest BCUT2D eigenvalue weighted by molar-refractivity contribution is 6.11. The lowest BCUT2D eigenvalue weighted by atomic mass is 10.1. The van der Waals surface area contributed by atoms with Crippen molar-refractivity contribution in [2.24, 2.45) is 0 Å². The highest BCUT2D eigenvalue weighted by atomic mass is 19.4. The van der Waals surface area contributed by atoms with E-state index in [1.54, 1.807) is 66.9 Å². The number of fused-ring (bicyclic) bond motifs is 1. The van der Waals surface area contributed by atoms with Gasteiger partial charge in [0.1, 0.15) is 0 Å².